The maximum Gasteiger partial charge on any atom is 0.225 e. The predicted molar refractivity (Wildman–Crippen MR) is 79.2 cm³/mol. The average molecular weight is 283 g/mol. The summed E-state index contributed by atoms with van der Waals surface area (Å²) in [5.41, 5.74) is 6.04. The molecule has 0 spiro atoms. The van der Waals surface area contributed by atoms with Gasteiger partial charge in [0, 0.05) is 38.1 Å². The molecule has 0 radical (unpaired) electrons. The Morgan fingerprint density at radius 2 is 2.05 bits per heavy atom. The number of hydrogen-bond acceptors (Lipinski definition) is 4. The fourth-order valence-electron chi connectivity index (χ4n) is 3.46. The van der Waals surface area contributed by atoms with E-state index >= 15 is 0 Å². The number of aliphatic hydroxyl groups is 1. The first-order valence-corrected chi connectivity index (χ1v) is 7.99. The molecule has 3 unspecified atom stereocenters. The van der Waals surface area contributed by atoms with Crippen molar-refractivity contribution < 1.29 is 9.90 Å². The zero-order valence-electron chi connectivity index (χ0n) is 12.6. The minimum absolute atomic E-state index is 0.175. The molecule has 0 aromatic heterocycles. The quantitative estimate of drug-likeness (QED) is 0.780. The van der Waals surface area contributed by atoms with Crippen LogP contribution in [0.4, 0.5) is 0 Å². The normalized spacial score (nSPS) is 33.0. The monoisotopic (exact) mass is 283 g/mol. The SMILES string of the molecule is CC1CC(C(=O)N2CCCN(CCO)CC2)CCC1N. The molecule has 1 aliphatic heterocycles. The van der Waals surface area contributed by atoms with Crippen molar-refractivity contribution in [2.45, 2.75) is 38.6 Å². The number of carbonyl (C=O) groups excluding carboxylic acids is 1. The Bertz CT molecular complexity index is 324. The van der Waals surface area contributed by atoms with Gasteiger partial charge in [0.1, 0.15) is 0 Å². The van der Waals surface area contributed by atoms with Crippen LogP contribution in [0.2, 0.25) is 0 Å². The molecule has 1 heterocycles. The van der Waals surface area contributed by atoms with Crippen LogP contribution in [0, 0.1) is 11.8 Å². The van der Waals surface area contributed by atoms with E-state index in [-0.39, 0.29) is 18.6 Å². The summed E-state index contributed by atoms with van der Waals surface area (Å²) in [7, 11) is 0. The van der Waals surface area contributed by atoms with Gasteiger partial charge in [0.15, 0.2) is 0 Å². The Balaban J connectivity index is 1.86. The predicted octanol–water partition coefficient (Wildman–Crippen LogP) is 0.277. The van der Waals surface area contributed by atoms with Gasteiger partial charge in [0.2, 0.25) is 5.91 Å². The molecule has 5 nitrogen and oxygen atoms in total. The summed E-state index contributed by atoms with van der Waals surface area (Å²) in [6, 6.07) is 0.267. The largest absolute Gasteiger partial charge is 0.395 e. The van der Waals surface area contributed by atoms with E-state index in [1.54, 1.807) is 0 Å². The average Bonchev–Trinajstić information content (AvgIpc) is 2.67. The van der Waals surface area contributed by atoms with Gasteiger partial charge in [-0.25, -0.2) is 0 Å². The lowest BCUT2D eigenvalue weighted by Crippen LogP contribution is -2.43. The van der Waals surface area contributed by atoms with Crippen LogP contribution in [0.1, 0.15) is 32.6 Å². The Morgan fingerprint density at radius 3 is 2.75 bits per heavy atom. The van der Waals surface area contributed by atoms with E-state index in [0.29, 0.717) is 11.8 Å². The zero-order chi connectivity index (χ0) is 14.5. The van der Waals surface area contributed by atoms with Gasteiger partial charge in [-0.3, -0.25) is 9.69 Å². The summed E-state index contributed by atoms with van der Waals surface area (Å²) in [5, 5.41) is 9.01. The first-order chi connectivity index (χ1) is 9.61. The zero-order valence-corrected chi connectivity index (χ0v) is 12.6. The Morgan fingerprint density at radius 1 is 1.25 bits per heavy atom. The van der Waals surface area contributed by atoms with Crippen LogP contribution in [-0.2, 0) is 4.79 Å². The number of β-amino-alcohol motifs (C(OH)–C–C–N with tert-alkyl or cyclic N) is 1. The molecule has 116 valence electrons. The maximum absolute atomic E-state index is 12.6. The number of aliphatic hydroxyl groups excluding tert-OH is 1. The molecule has 3 atom stereocenters. The molecule has 0 aromatic carbocycles. The van der Waals surface area contributed by atoms with E-state index in [1.165, 1.54) is 0 Å². The van der Waals surface area contributed by atoms with Crippen LogP contribution in [0.15, 0.2) is 0 Å². The van der Waals surface area contributed by atoms with Crippen molar-refractivity contribution in [3.63, 3.8) is 0 Å². The molecule has 0 aromatic rings. The fourth-order valence-corrected chi connectivity index (χ4v) is 3.46. The van der Waals surface area contributed by atoms with Gasteiger partial charge in [-0.1, -0.05) is 6.92 Å². The molecule has 1 saturated carbocycles. The van der Waals surface area contributed by atoms with Gasteiger partial charge < -0.3 is 15.7 Å². The highest BCUT2D eigenvalue weighted by molar-refractivity contribution is 5.79. The molecule has 2 rings (SSSR count). The summed E-state index contributed by atoms with van der Waals surface area (Å²) in [4.78, 5) is 16.9. The van der Waals surface area contributed by atoms with Crippen LogP contribution in [0.25, 0.3) is 0 Å². The van der Waals surface area contributed by atoms with Crippen molar-refractivity contribution in [3.8, 4) is 0 Å². The van der Waals surface area contributed by atoms with Crippen LogP contribution in [0.5, 0.6) is 0 Å². The lowest BCUT2D eigenvalue weighted by molar-refractivity contribution is -0.137. The molecule has 2 fully saturated rings. The van der Waals surface area contributed by atoms with E-state index in [4.69, 9.17) is 10.8 Å². The lowest BCUT2D eigenvalue weighted by atomic mass is 9.78. The highest BCUT2D eigenvalue weighted by atomic mass is 16.3. The van der Waals surface area contributed by atoms with Crippen LogP contribution in [0.3, 0.4) is 0 Å². The van der Waals surface area contributed by atoms with Crippen molar-refractivity contribution in [3.05, 3.63) is 0 Å². The van der Waals surface area contributed by atoms with E-state index in [0.717, 1.165) is 58.4 Å². The molecule has 0 bridgehead atoms. The third kappa shape index (κ3) is 3.93. The summed E-state index contributed by atoms with van der Waals surface area (Å²) < 4.78 is 0. The molecular weight excluding hydrogens is 254 g/mol. The van der Waals surface area contributed by atoms with Gasteiger partial charge in [-0.05, 0) is 38.1 Å². The van der Waals surface area contributed by atoms with E-state index in [9.17, 15) is 4.79 Å². The van der Waals surface area contributed by atoms with Gasteiger partial charge in [0.25, 0.3) is 0 Å². The minimum Gasteiger partial charge on any atom is -0.395 e. The van der Waals surface area contributed by atoms with Gasteiger partial charge in [-0.2, -0.15) is 0 Å². The van der Waals surface area contributed by atoms with Crippen molar-refractivity contribution >= 4 is 5.91 Å². The van der Waals surface area contributed by atoms with Crippen LogP contribution >= 0.6 is 0 Å². The fraction of sp³-hybridized carbons (Fsp3) is 0.933. The van der Waals surface area contributed by atoms with E-state index in [2.05, 4.69) is 11.8 Å². The molecule has 5 heteroatoms. The summed E-state index contributed by atoms with van der Waals surface area (Å²) in [6.07, 6.45) is 3.87. The van der Waals surface area contributed by atoms with Gasteiger partial charge in [0.05, 0.1) is 6.61 Å². The third-order valence-corrected chi connectivity index (χ3v) is 4.90. The van der Waals surface area contributed by atoms with Crippen molar-refractivity contribution in [1.29, 1.82) is 0 Å². The topological polar surface area (TPSA) is 69.8 Å². The molecule has 20 heavy (non-hydrogen) atoms. The standard InChI is InChI=1S/C15H29N3O2/c1-12-11-13(3-4-14(12)16)15(20)18-6-2-5-17(7-8-18)9-10-19/h12-14,19H,2-11,16H2,1H3. The second-order valence-corrected chi connectivity index (χ2v) is 6.40. The summed E-state index contributed by atoms with van der Waals surface area (Å²) in [5.74, 6) is 0.958. The number of hydrogen-bond donors (Lipinski definition) is 2. The lowest BCUT2D eigenvalue weighted by Gasteiger charge is -2.34. The number of nitrogens with two attached hydrogens (primary N) is 1. The Kier molecular flexibility index (Phi) is 5.81. The second kappa shape index (κ2) is 7.38. The molecular formula is C15H29N3O2. The third-order valence-electron chi connectivity index (χ3n) is 4.90. The number of amides is 1. The maximum atomic E-state index is 12.6. The van der Waals surface area contributed by atoms with Gasteiger partial charge in [-0.15, -0.1) is 0 Å². The Hall–Kier alpha value is -0.650. The molecule has 3 N–H and O–H groups in total. The highest BCUT2D eigenvalue weighted by Gasteiger charge is 2.32. The van der Waals surface area contributed by atoms with Crippen LogP contribution in [-0.4, -0.2) is 66.2 Å². The molecule has 1 aliphatic carbocycles. The van der Waals surface area contributed by atoms with E-state index < -0.39 is 0 Å². The molecule has 1 saturated heterocycles. The molecule has 2 aliphatic rings. The van der Waals surface area contributed by atoms with E-state index in [1.807, 2.05) is 4.90 Å². The number of nitrogens with zero attached hydrogens (tertiary/aromatic N) is 2. The number of carbonyl (C=O) groups is 1. The second-order valence-electron chi connectivity index (χ2n) is 6.40. The van der Waals surface area contributed by atoms with Crippen LogP contribution < -0.4 is 5.73 Å². The minimum atomic E-state index is 0.175. The van der Waals surface area contributed by atoms with Crippen molar-refractivity contribution in [2.24, 2.45) is 17.6 Å². The summed E-state index contributed by atoms with van der Waals surface area (Å²) in [6.45, 7) is 6.61. The highest BCUT2D eigenvalue weighted by Crippen LogP contribution is 2.29. The smallest absolute Gasteiger partial charge is 0.225 e. The van der Waals surface area contributed by atoms with Gasteiger partial charge >= 0.3 is 0 Å². The van der Waals surface area contributed by atoms with Crippen molar-refractivity contribution in [2.75, 3.05) is 39.3 Å². The number of rotatable bonds is 3. The first kappa shape index (κ1) is 15.7. The summed E-state index contributed by atoms with van der Waals surface area (Å²) >= 11 is 0. The van der Waals surface area contributed by atoms with Crippen molar-refractivity contribution in [1.82, 2.24) is 9.80 Å². The first-order valence-electron chi connectivity index (χ1n) is 7.99. The molecule has 1 amide bonds. The Labute approximate surface area is 122 Å².